The van der Waals surface area contributed by atoms with Crippen LogP contribution in [-0.4, -0.2) is 25.0 Å². The Hall–Kier alpha value is -3.05. The fourth-order valence-electron chi connectivity index (χ4n) is 3.55. The van der Waals surface area contributed by atoms with Gasteiger partial charge in [-0.3, -0.25) is 14.9 Å². The molecule has 0 aromatic heterocycles. The molecule has 1 heterocycles. The van der Waals surface area contributed by atoms with Crippen LogP contribution < -0.4 is 15.0 Å². The van der Waals surface area contributed by atoms with Gasteiger partial charge in [-0.05, 0) is 82.3 Å². The lowest BCUT2D eigenvalue weighted by atomic mass is 10.00. The number of anilines is 1. The second-order valence-electron chi connectivity index (χ2n) is 7.39. The maximum absolute atomic E-state index is 14.2. The number of amides is 4. The third-order valence-electron chi connectivity index (χ3n) is 5.22. The van der Waals surface area contributed by atoms with Crippen molar-refractivity contribution in [3.8, 4) is 5.75 Å². The van der Waals surface area contributed by atoms with Crippen molar-refractivity contribution in [3.05, 3.63) is 96.8 Å². The molecular weight excluding hydrogens is 618 g/mol. The largest absolute Gasteiger partial charge is 0.496 e. The predicted octanol–water partition coefficient (Wildman–Crippen LogP) is 5.46. The lowest BCUT2D eigenvalue weighted by molar-refractivity contribution is -0.122. The number of halogens is 3. The third-order valence-corrected chi connectivity index (χ3v) is 6.71. The second-order valence-corrected chi connectivity index (χ2v) is 9.46. The number of carbonyl (C=O) groups is 3. The zero-order valence-corrected chi connectivity index (χ0v) is 21.5. The van der Waals surface area contributed by atoms with Crippen LogP contribution in [0.25, 0.3) is 6.08 Å². The van der Waals surface area contributed by atoms with Gasteiger partial charge in [0, 0.05) is 20.0 Å². The predicted molar refractivity (Wildman–Crippen MR) is 138 cm³/mol. The van der Waals surface area contributed by atoms with E-state index in [0.717, 1.165) is 18.5 Å². The van der Waals surface area contributed by atoms with Gasteiger partial charge in [-0.25, -0.2) is 14.1 Å². The van der Waals surface area contributed by atoms with Crippen LogP contribution in [-0.2, 0) is 16.0 Å². The minimum atomic E-state index is -0.818. The first kappa shape index (κ1) is 24.1. The molecule has 0 bridgehead atoms. The number of carbonyl (C=O) groups excluding carboxylic acids is 3. The van der Waals surface area contributed by atoms with Gasteiger partial charge in [-0.1, -0.05) is 34.1 Å². The molecule has 4 amide bonds. The number of imide groups is 2. The molecule has 1 aliphatic rings. The van der Waals surface area contributed by atoms with Crippen LogP contribution in [0, 0.1) is 9.39 Å². The number of ether oxygens (including phenoxy) is 1. The molecule has 1 N–H and O–H groups in total. The molecule has 34 heavy (non-hydrogen) atoms. The molecule has 0 spiro atoms. The van der Waals surface area contributed by atoms with Gasteiger partial charge >= 0.3 is 6.03 Å². The first-order chi connectivity index (χ1) is 16.3. The van der Waals surface area contributed by atoms with Crippen molar-refractivity contribution in [3.63, 3.8) is 0 Å². The summed E-state index contributed by atoms with van der Waals surface area (Å²) in [6, 6.07) is 15.7. The molecule has 9 heteroatoms. The van der Waals surface area contributed by atoms with E-state index in [2.05, 4.69) is 43.8 Å². The molecule has 1 aliphatic heterocycles. The number of barbiturate groups is 1. The van der Waals surface area contributed by atoms with E-state index in [9.17, 15) is 18.8 Å². The highest BCUT2D eigenvalue weighted by atomic mass is 127. The van der Waals surface area contributed by atoms with Gasteiger partial charge in [0.15, 0.2) is 0 Å². The smallest absolute Gasteiger partial charge is 0.335 e. The average Bonchev–Trinajstić information content (AvgIpc) is 2.80. The van der Waals surface area contributed by atoms with Gasteiger partial charge in [-0.15, -0.1) is 0 Å². The van der Waals surface area contributed by atoms with Crippen LogP contribution in [0.15, 0.2) is 70.7 Å². The van der Waals surface area contributed by atoms with Crippen molar-refractivity contribution in [2.24, 2.45) is 0 Å². The van der Waals surface area contributed by atoms with Gasteiger partial charge in [0.05, 0.1) is 12.8 Å². The number of hydrogen-bond acceptors (Lipinski definition) is 4. The van der Waals surface area contributed by atoms with E-state index in [1.807, 2.05) is 0 Å². The van der Waals surface area contributed by atoms with E-state index in [-0.39, 0.29) is 11.4 Å². The molecule has 3 aromatic rings. The van der Waals surface area contributed by atoms with Crippen molar-refractivity contribution in [1.29, 1.82) is 0 Å². The minimum Gasteiger partial charge on any atom is -0.496 e. The quantitative estimate of drug-likeness (QED) is 0.230. The SMILES string of the molecule is COc1cc(/C=C2\C(=O)NC(=O)N(c3ccc(Br)cc3)C2=O)cc(I)c1Cc1ccccc1F. The Morgan fingerprint density at radius 2 is 1.79 bits per heavy atom. The van der Waals surface area contributed by atoms with Gasteiger partial charge in [0.25, 0.3) is 11.8 Å². The lowest BCUT2D eigenvalue weighted by Gasteiger charge is -2.26. The maximum atomic E-state index is 14.2. The van der Waals surface area contributed by atoms with Crippen LogP contribution in [0.1, 0.15) is 16.7 Å². The average molecular weight is 635 g/mol. The highest BCUT2D eigenvalue weighted by Crippen LogP contribution is 2.31. The van der Waals surface area contributed by atoms with E-state index in [1.54, 1.807) is 54.6 Å². The first-order valence-corrected chi connectivity index (χ1v) is 11.9. The normalized spacial score (nSPS) is 15.0. The van der Waals surface area contributed by atoms with Gasteiger partial charge < -0.3 is 4.74 Å². The summed E-state index contributed by atoms with van der Waals surface area (Å²) < 4.78 is 21.3. The molecule has 0 saturated carbocycles. The van der Waals surface area contributed by atoms with E-state index in [1.165, 1.54) is 19.3 Å². The molecule has 0 atom stereocenters. The van der Waals surface area contributed by atoms with Crippen molar-refractivity contribution < 1.29 is 23.5 Å². The monoisotopic (exact) mass is 634 g/mol. The van der Waals surface area contributed by atoms with Crippen molar-refractivity contribution in [1.82, 2.24) is 5.32 Å². The van der Waals surface area contributed by atoms with Crippen molar-refractivity contribution in [2.45, 2.75) is 6.42 Å². The summed E-state index contributed by atoms with van der Waals surface area (Å²) in [5.41, 5.74) is 1.97. The molecule has 1 saturated heterocycles. The zero-order chi connectivity index (χ0) is 24.4. The number of urea groups is 1. The van der Waals surface area contributed by atoms with E-state index in [4.69, 9.17) is 4.74 Å². The molecule has 6 nitrogen and oxygen atoms in total. The van der Waals surface area contributed by atoms with Crippen molar-refractivity contribution >= 4 is 68.1 Å². The van der Waals surface area contributed by atoms with Crippen LogP contribution in [0.5, 0.6) is 5.75 Å². The first-order valence-electron chi connectivity index (χ1n) is 10.1. The van der Waals surface area contributed by atoms with Crippen LogP contribution in [0.3, 0.4) is 0 Å². The minimum absolute atomic E-state index is 0.192. The highest BCUT2D eigenvalue weighted by Gasteiger charge is 2.36. The van der Waals surface area contributed by atoms with Crippen LogP contribution in [0.4, 0.5) is 14.9 Å². The third kappa shape index (κ3) is 4.90. The molecular formula is C25H17BrFIN2O4. The maximum Gasteiger partial charge on any atom is 0.335 e. The number of methoxy groups -OCH3 is 1. The van der Waals surface area contributed by atoms with E-state index in [0.29, 0.717) is 29.0 Å². The molecule has 172 valence electrons. The summed E-state index contributed by atoms with van der Waals surface area (Å²) in [4.78, 5) is 38.9. The Labute approximate surface area is 217 Å². The molecule has 0 radical (unpaired) electrons. The Balaban J connectivity index is 1.71. The van der Waals surface area contributed by atoms with E-state index < -0.39 is 17.8 Å². The molecule has 3 aromatic carbocycles. The highest BCUT2D eigenvalue weighted by molar-refractivity contribution is 14.1. The molecule has 0 unspecified atom stereocenters. The summed E-state index contributed by atoms with van der Waals surface area (Å²) in [7, 11) is 1.50. The number of nitrogens with zero attached hydrogens (tertiary/aromatic N) is 1. The number of benzene rings is 3. The summed E-state index contributed by atoms with van der Waals surface area (Å²) in [6.45, 7) is 0. The fraction of sp³-hybridized carbons (Fsp3) is 0.0800. The summed E-state index contributed by atoms with van der Waals surface area (Å²) in [6.07, 6.45) is 1.73. The molecule has 0 aliphatic carbocycles. The Morgan fingerprint density at radius 3 is 2.47 bits per heavy atom. The summed E-state index contributed by atoms with van der Waals surface area (Å²) >= 11 is 5.43. The number of rotatable bonds is 5. The Kier molecular flexibility index (Phi) is 7.13. The number of hydrogen-bond donors (Lipinski definition) is 1. The number of nitrogens with one attached hydrogen (secondary N) is 1. The molecule has 1 fully saturated rings. The second kappa shape index (κ2) is 10.1. The van der Waals surface area contributed by atoms with Crippen LogP contribution in [0.2, 0.25) is 0 Å². The zero-order valence-electron chi connectivity index (χ0n) is 17.8. The van der Waals surface area contributed by atoms with Gasteiger partial charge in [0.2, 0.25) is 0 Å². The van der Waals surface area contributed by atoms with Gasteiger partial charge in [-0.2, -0.15) is 0 Å². The van der Waals surface area contributed by atoms with E-state index >= 15 is 0 Å². The molecule has 4 rings (SSSR count). The fourth-order valence-corrected chi connectivity index (χ4v) is 4.63. The standard InChI is InChI=1S/C25H17BrFIN2O4/c1-34-22-12-14(11-21(28)18(22)13-15-4-2-3-5-20(15)27)10-19-23(31)29-25(33)30(24(19)32)17-8-6-16(26)7-9-17/h2-12H,13H2,1H3,(H,29,31,33)/b19-10+. The summed E-state index contributed by atoms with van der Waals surface area (Å²) in [5, 5.41) is 2.21. The van der Waals surface area contributed by atoms with Gasteiger partial charge in [0.1, 0.15) is 17.1 Å². The Morgan fingerprint density at radius 1 is 1.09 bits per heavy atom. The van der Waals surface area contributed by atoms with Crippen LogP contribution >= 0.6 is 38.5 Å². The lowest BCUT2D eigenvalue weighted by Crippen LogP contribution is -2.54. The Bertz CT molecular complexity index is 1340. The topological polar surface area (TPSA) is 75.7 Å². The van der Waals surface area contributed by atoms with Crippen molar-refractivity contribution in [2.75, 3.05) is 12.0 Å². The summed E-state index contributed by atoms with van der Waals surface area (Å²) in [5.74, 6) is -1.34.